The number of carbonyl (C=O) groups is 2. The highest BCUT2D eigenvalue weighted by atomic mass is 16.3. The third-order valence-electron chi connectivity index (χ3n) is 4.25. The van der Waals surface area contributed by atoms with Crippen molar-refractivity contribution in [1.29, 1.82) is 0 Å². The normalized spacial score (nSPS) is 10.7. The molecule has 0 aliphatic heterocycles. The molecule has 0 atom stereocenters. The van der Waals surface area contributed by atoms with Crippen molar-refractivity contribution in [2.45, 2.75) is 13.5 Å². The van der Waals surface area contributed by atoms with Gasteiger partial charge in [0.1, 0.15) is 5.58 Å². The van der Waals surface area contributed by atoms with Crippen LogP contribution in [0.1, 0.15) is 32.0 Å². The third kappa shape index (κ3) is 3.26. The second-order valence-corrected chi connectivity index (χ2v) is 5.99. The van der Waals surface area contributed by atoms with Gasteiger partial charge in [0, 0.05) is 37.2 Å². The molecule has 128 valence electrons. The molecule has 5 heteroatoms. The van der Waals surface area contributed by atoms with Gasteiger partial charge in [-0.1, -0.05) is 30.3 Å². The first-order valence-electron chi connectivity index (χ1n) is 8.06. The fraction of sp³-hybridized carbons (Fsp3) is 0.200. The summed E-state index contributed by atoms with van der Waals surface area (Å²) < 4.78 is 5.74. The lowest BCUT2D eigenvalue weighted by molar-refractivity contribution is 0.0754. The fourth-order valence-electron chi connectivity index (χ4n) is 2.80. The number of furan rings is 1. The second-order valence-electron chi connectivity index (χ2n) is 5.99. The average Bonchev–Trinajstić information content (AvgIpc) is 2.98. The van der Waals surface area contributed by atoms with E-state index in [1.54, 1.807) is 31.1 Å². The number of fused-ring (bicyclic) bond motifs is 1. The lowest BCUT2D eigenvalue weighted by Crippen LogP contribution is -2.26. The molecule has 3 aromatic rings. The minimum absolute atomic E-state index is 0.131. The molecule has 0 saturated heterocycles. The van der Waals surface area contributed by atoms with E-state index < -0.39 is 0 Å². The number of nitrogens with zero attached hydrogens (tertiary/aromatic N) is 1. The topological polar surface area (TPSA) is 62.6 Å². The van der Waals surface area contributed by atoms with Crippen LogP contribution in [0.25, 0.3) is 11.0 Å². The number of benzene rings is 2. The van der Waals surface area contributed by atoms with Crippen LogP contribution in [0.4, 0.5) is 0 Å². The Balaban J connectivity index is 1.78. The Morgan fingerprint density at radius 2 is 1.76 bits per heavy atom. The van der Waals surface area contributed by atoms with Gasteiger partial charge in [0.05, 0.1) is 0 Å². The number of rotatable bonds is 4. The molecule has 2 aromatic carbocycles. The number of hydrogen-bond acceptors (Lipinski definition) is 3. The molecule has 1 N–H and O–H groups in total. The first-order valence-corrected chi connectivity index (χ1v) is 8.06. The average molecular weight is 336 g/mol. The van der Waals surface area contributed by atoms with Gasteiger partial charge in [-0.15, -0.1) is 0 Å². The summed E-state index contributed by atoms with van der Waals surface area (Å²) in [4.78, 5) is 25.9. The highest BCUT2D eigenvalue weighted by molar-refractivity contribution is 5.98. The van der Waals surface area contributed by atoms with E-state index in [1.165, 1.54) is 0 Å². The Kier molecular flexibility index (Phi) is 4.57. The summed E-state index contributed by atoms with van der Waals surface area (Å²) in [6, 6.07) is 14.8. The van der Waals surface area contributed by atoms with Crippen LogP contribution in [0.5, 0.6) is 0 Å². The van der Waals surface area contributed by atoms with Crippen molar-refractivity contribution in [3.63, 3.8) is 0 Å². The van der Waals surface area contributed by atoms with Crippen LogP contribution in [0.3, 0.4) is 0 Å². The van der Waals surface area contributed by atoms with Crippen molar-refractivity contribution >= 4 is 22.8 Å². The molecule has 2 amide bonds. The number of carbonyl (C=O) groups excluding carboxylic acids is 2. The largest absolute Gasteiger partial charge is 0.451 e. The summed E-state index contributed by atoms with van der Waals surface area (Å²) in [5.41, 5.74) is 3.10. The van der Waals surface area contributed by atoms with Gasteiger partial charge in [-0.2, -0.15) is 0 Å². The van der Waals surface area contributed by atoms with Crippen LogP contribution in [-0.2, 0) is 6.54 Å². The van der Waals surface area contributed by atoms with E-state index in [-0.39, 0.29) is 11.8 Å². The molecule has 25 heavy (non-hydrogen) atoms. The highest BCUT2D eigenvalue weighted by Gasteiger charge is 2.21. The summed E-state index contributed by atoms with van der Waals surface area (Å²) in [6.07, 6.45) is 0. The lowest BCUT2D eigenvalue weighted by Gasteiger charge is -2.16. The van der Waals surface area contributed by atoms with Gasteiger partial charge in [-0.25, -0.2) is 0 Å². The molecular formula is C20H20N2O3. The van der Waals surface area contributed by atoms with Gasteiger partial charge < -0.3 is 14.6 Å². The smallest absolute Gasteiger partial charge is 0.289 e. The summed E-state index contributed by atoms with van der Waals surface area (Å²) in [5.74, 6) is 0.0728. The molecule has 1 heterocycles. The van der Waals surface area contributed by atoms with E-state index in [4.69, 9.17) is 4.42 Å². The zero-order chi connectivity index (χ0) is 18.0. The highest BCUT2D eigenvalue weighted by Crippen LogP contribution is 2.26. The molecule has 0 radical (unpaired) electrons. The van der Waals surface area contributed by atoms with Crippen LogP contribution in [-0.4, -0.2) is 30.8 Å². The summed E-state index contributed by atoms with van der Waals surface area (Å²) in [5, 5.41) is 3.54. The van der Waals surface area contributed by atoms with Crippen LogP contribution in [0.2, 0.25) is 0 Å². The number of aryl methyl sites for hydroxylation is 1. The monoisotopic (exact) mass is 336 g/mol. The van der Waals surface area contributed by atoms with Crippen LogP contribution < -0.4 is 5.32 Å². The number of nitrogens with one attached hydrogen (secondary N) is 1. The van der Waals surface area contributed by atoms with E-state index in [1.807, 2.05) is 43.3 Å². The molecule has 3 rings (SSSR count). The van der Waals surface area contributed by atoms with E-state index in [2.05, 4.69) is 5.32 Å². The molecular weight excluding hydrogens is 316 g/mol. The molecule has 5 nitrogen and oxygen atoms in total. The Bertz CT molecular complexity index is 926. The maximum Gasteiger partial charge on any atom is 0.289 e. The standard InChI is InChI=1S/C20H20N2O3/c1-13-16-6-4-5-7-17(16)25-18(13)20(24)22(3)12-14-8-10-15(11-9-14)19(23)21-2/h4-11H,12H2,1-3H3,(H,21,23). The fourth-order valence-corrected chi connectivity index (χ4v) is 2.80. The van der Waals surface area contributed by atoms with Gasteiger partial charge >= 0.3 is 0 Å². The SMILES string of the molecule is CNC(=O)c1ccc(CN(C)C(=O)c2oc3ccccc3c2C)cc1. The van der Waals surface area contributed by atoms with Gasteiger partial charge in [0.2, 0.25) is 0 Å². The Labute approximate surface area is 146 Å². The van der Waals surface area contributed by atoms with Crippen molar-refractivity contribution in [3.8, 4) is 0 Å². The summed E-state index contributed by atoms with van der Waals surface area (Å²) >= 11 is 0. The number of para-hydroxylation sites is 1. The van der Waals surface area contributed by atoms with Crippen molar-refractivity contribution in [2.24, 2.45) is 0 Å². The Morgan fingerprint density at radius 1 is 1.08 bits per heavy atom. The molecule has 0 unspecified atom stereocenters. The van der Waals surface area contributed by atoms with Gasteiger partial charge in [-0.3, -0.25) is 9.59 Å². The molecule has 0 aliphatic carbocycles. The Hall–Kier alpha value is -3.08. The van der Waals surface area contributed by atoms with Crippen molar-refractivity contribution in [1.82, 2.24) is 10.2 Å². The maximum absolute atomic E-state index is 12.7. The van der Waals surface area contributed by atoms with Crippen LogP contribution in [0.15, 0.2) is 52.9 Å². The van der Waals surface area contributed by atoms with Crippen molar-refractivity contribution in [3.05, 3.63) is 71.0 Å². The minimum atomic E-state index is -0.163. The van der Waals surface area contributed by atoms with Gasteiger partial charge in [0.25, 0.3) is 11.8 Å². The zero-order valence-corrected chi connectivity index (χ0v) is 14.5. The number of amides is 2. The molecule has 0 aliphatic rings. The quantitative estimate of drug-likeness (QED) is 0.794. The zero-order valence-electron chi connectivity index (χ0n) is 14.5. The molecule has 1 aromatic heterocycles. The first-order chi connectivity index (χ1) is 12.0. The predicted molar refractivity (Wildman–Crippen MR) is 96.6 cm³/mol. The predicted octanol–water partition coefficient (Wildman–Crippen LogP) is 3.37. The summed E-state index contributed by atoms with van der Waals surface area (Å²) in [6.45, 7) is 2.33. The molecule has 0 bridgehead atoms. The van der Waals surface area contributed by atoms with E-state index in [0.29, 0.717) is 23.5 Å². The minimum Gasteiger partial charge on any atom is -0.451 e. The third-order valence-corrected chi connectivity index (χ3v) is 4.25. The molecule has 0 fully saturated rings. The van der Waals surface area contributed by atoms with Gasteiger partial charge in [-0.05, 0) is 30.7 Å². The van der Waals surface area contributed by atoms with E-state index in [0.717, 1.165) is 16.5 Å². The van der Waals surface area contributed by atoms with Crippen molar-refractivity contribution < 1.29 is 14.0 Å². The first kappa shape index (κ1) is 16.8. The van der Waals surface area contributed by atoms with E-state index in [9.17, 15) is 9.59 Å². The number of hydrogen-bond donors (Lipinski definition) is 1. The Morgan fingerprint density at radius 3 is 2.40 bits per heavy atom. The van der Waals surface area contributed by atoms with Gasteiger partial charge in [0.15, 0.2) is 5.76 Å². The van der Waals surface area contributed by atoms with Crippen molar-refractivity contribution in [2.75, 3.05) is 14.1 Å². The second kappa shape index (κ2) is 6.81. The van der Waals surface area contributed by atoms with Crippen LogP contribution in [0, 0.1) is 6.92 Å². The molecule has 0 saturated carbocycles. The molecule has 0 spiro atoms. The van der Waals surface area contributed by atoms with E-state index >= 15 is 0 Å². The lowest BCUT2D eigenvalue weighted by atomic mass is 10.1. The maximum atomic E-state index is 12.7. The van der Waals surface area contributed by atoms with Crippen LogP contribution >= 0.6 is 0 Å². The summed E-state index contributed by atoms with van der Waals surface area (Å²) in [7, 11) is 3.33.